The van der Waals surface area contributed by atoms with E-state index in [9.17, 15) is 23.8 Å². The van der Waals surface area contributed by atoms with Gasteiger partial charge < -0.3 is 20.3 Å². The molecule has 34 heavy (non-hydrogen) atoms. The van der Waals surface area contributed by atoms with Gasteiger partial charge in [-0.1, -0.05) is 6.07 Å². The number of imidazole rings is 1. The highest BCUT2D eigenvalue weighted by atomic mass is 19.1. The van der Waals surface area contributed by atoms with Gasteiger partial charge in [-0.3, -0.25) is 13.9 Å². The van der Waals surface area contributed by atoms with Crippen LogP contribution in [0.3, 0.4) is 0 Å². The number of aromatic nitrogens is 4. The van der Waals surface area contributed by atoms with Gasteiger partial charge in [-0.2, -0.15) is 5.10 Å². The molecular weight excluding hydrogens is 448 g/mol. The quantitative estimate of drug-likeness (QED) is 0.361. The number of ether oxygens (including phenoxy) is 1. The molecule has 3 N–H and O–H groups in total. The lowest BCUT2D eigenvalue weighted by Gasteiger charge is -2.30. The summed E-state index contributed by atoms with van der Waals surface area (Å²) >= 11 is 0. The molecule has 4 aromatic rings. The molecule has 4 rings (SSSR count). The number of hydrogen-bond acceptors (Lipinski definition) is 6. The first-order chi connectivity index (χ1) is 16.3. The molecule has 0 saturated heterocycles. The number of aryl methyl sites for hydroxylation is 2. The van der Waals surface area contributed by atoms with E-state index in [1.807, 2.05) is 0 Å². The molecule has 1 aromatic carbocycles. The number of halogens is 2. The van der Waals surface area contributed by atoms with Crippen molar-refractivity contribution in [2.75, 3.05) is 13.2 Å². The number of nitrogens with zero attached hydrogens (tertiary/aromatic N) is 4. The van der Waals surface area contributed by atoms with Crippen LogP contribution < -0.4 is 10.1 Å². The molecule has 0 aliphatic heterocycles. The number of pyridine rings is 1. The van der Waals surface area contributed by atoms with Gasteiger partial charge in [0.2, 0.25) is 0 Å². The van der Waals surface area contributed by atoms with Crippen LogP contribution in [0.15, 0.2) is 48.9 Å². The van der Waals surface area contributed by atoms with Crippen molar-refractivity contribution in [2.45, 2.75) is 19.1 Å². The lowest BCUT2D eigenvalue weighted by Crippen LogP contribution is -2.51. The Hall–Kier alpha value is -3.83. The van der Waals surface area contributed by atoms with Crippen LogP contribution in [0.5, 0.6) is 5.75 Å². The van der Waals surface area contributed by atoms with Crippen LogP contribution in [-0.4, -0.2) is 48.5 Å². The van der Waals surface area contributed by atoms with Gasteiger partial charge in [-0.05, 0) is 31.2 Å². The molecule has 0 aliphatic rings. The second-order valence-corrected chi connectivity index (χ2v) is 7.86. The second kappa shape index (κ2) is 9.20. The third-order valence-electron chi connectivity index (χ3n) is 5.59. The summed E-state index contributed by atoms with van der Waals surface area (Å²) in [6.45, 7) is 0.106. The van der Waals surface area contributed by atoms with E-state index in [1.165, 1.54) is 21.3 Å². The van der Waals surface area contributed by atoms with Crippen molar-refractivity contribution in [1.82, 2.24) is 24.5 Å². The van der Waals surface area contributed by atoms with Crippen LogP contribution in [-0.2, 0) is 19.2 Å². The lowest BCUT2D eigenvalue weighted by molar-refractivity contribution is 0.0652. The van der Waals surface area contributed by atoms with Crippen molar-refractivity contribution in [3.63, 3.8) is 0 Å². The van der Waals surface area contributed by atoms with Gasteiger partial charge in [0.25, 0.3) is 5.91 Å². The van der Waals surface area contributed by atoms with Crippen LogP contribution >= 0.6 is 0 Å². The zero-order valence-electron chi connectivity index (χ0n) is 18.5. The predicted molar refractivity (Wildman–Crippen MR) is 117 cm³/mol. The minimum absolute atomic E-state index is 0.146. The van der Waals surface area contributed by atoms with Gasteiger partial charge >= 0.3 is 0 Å². The average Bonchev–Trinajstić information content (AvgIpc) is 3.40. The van der Waals surface area contributed by atoms with Gasteiger partial charge in [0.1, 0.15) is 29.5 Å². The zero-order valence-corrected chi connectivity index (χ0v) is 18.5. The van der Waals surface area contributed by atoms with Gasteiger partial charge in [0, 0.05) is 25.0 Å². The predicted octanol–water partition coefficient (Wildman–Crippen LogP) is 1.84. The zero-order chi connectivity index (χ0) is 24.5. The maximum absolute atomic E-state index is 14.0. The summed E-state index contributed by atoms with van der Waals surface area (Å²) in [6.07, 6.45) is 4.62. The van der Waals surface area contributed by atoms with Gasteiger partial charge in [0.05, 0.1) is 30.7 Å². The van der Waals surface area contributed by atoms with E-state index in [0.29, 0.717) is 11.3 Å². The highest BCUT2D eigenvalue weighted by Gasteiger charge is 2.36. The molecule has 0 bridgehead atoms. The summed E-state index contributed by atoms with van der Waals surface area (Å²) in [7, 11) is 1.67. The minimum Gasteiger partial charge on any atom is -0.485 e. The lowest BCUT2D eigenvalue weighted by atomic mass is 9.94. The first-order valence-electron chi connectivity index (χ1n) is 10.4. The fourth-order valence-corrected chi connectivity index (χ4v) is 3.69. The molecule has 11 heteroatoms. The SMILES string of the molecule is Cc1nc2c(OCc3c(F)cccc3F)cccn2c1C(=O)NC(CO)(CO)c1cnn(C)c1. The van der Waals surface area contributed by atoms with Crippen LogP contribution in [0.1, 0.15) is 27.3 Å². The van der Waals surface area contributed by atoms with Gasteiger partial charge in [-0.25, -0.2) is 13.8 Å². The van der Waals surface area contributed by atoms with Crippen molar-refractivity contribution in [2.24, 2.45) is 7.05 Å². The first kappa shape index (κ1) is 23.3. The fourth-order valence-electron chi connectivity index (χ4n) is 3.69. The Balaban J connectivity index is 1.66. The molecule has 9 nitrogen and oxygen atoms in total. The van der Waals surface area contributed by atoms with Gasteiger partial charge in [-0.15, -0.1) is 0 Å². The topological polar surface area (TPSA) is 114 Å². The number of benzene rings is 1. The van der Waals surface area contributed by atoms with Gasteiger partial charge in [0.15, 0.2) is 11.4 Å². The number of nitrogens with one attached hydrogen (secondary N) is 1. The largest absolute Gasteiger partial charge is 0.485 e. The number of amides is 1. The third-order valence-corrected chi connectivity index (χ3v) is 5.59. The summed E-state index contributed by atoms with van der Waals surface area (Å²) in [5, 5.41) is 26.8. The number of aliphatic hydroxyl groups is 2. The molecule has 178 valence electrons. The molecule has 1 amide bonds. The highest BCUT2D eigenvalue weighted by Crippen LogP contribution is 2.26. The van der Waals surface area contributed by atoms with E-state index < -0.39 is 36.3 Å². The Morgan fingerprint density at radius 3 is 2.50 bits per heavy atom. The van der Waals surface area contributed by atoms with Crippen LogP contribution in [0, 0.1) is 18.6 Å². The number of rotatable bonds is 8. The maximum atomic E-state index is 14.0. The van der Waals surface area contributed by atoms with Crippen molar-refractivity contribution in [3.05, 3.63) is 83.1 Å². The smallest absolute Gasteiger partial charge is 0.271 e. The van der Waals surface area contributed by atoms with Crippen molar-refractivity contribution in [1.29, 1.82) is 0 Å². The molecule has 0 saturated carbocycles. The Labute approximate surface area is 193 Å². The summed E-state index contributed by atoms with van der Waals surface area (Å²) in [4.78, 5) is 17.7. The summed E-state index contributed by atoms with van der Waals surface area (Å²) in [6, 6.07) is 6.72. The van der Waals surface area contributed by atoms with Crippen LogP contribution in [0.2, 0.25) is 0 Å². The monoisotopic (exact) mass is 471 g/mol. The van der Waals surface area contributed by atoms with Crippen LogP contribution in [0.4, 0.5) is 8.78 Å². The molecule has 0 radical (unpaired) electrons. The molecule has 0 fully saturated rings. The third kappa shape index (κ3) is 4.11. The summed E-state index contributed by atoms with van der Waals surface area (Å²) in [5.74, 6) is -1.85. The van der Waals surface area contributed by atoms with E-state index in [1.54, 1.807) is 38.5 Å². The molecule has 0 atom stereocenters. The van der Waals surface area contributed by atoms with E-state index >= 15 is 0 Å². The number of fused-ring (bicyclic) bond motifs is 1. The van der Waals surface area contributed by atoms with E-state index in [2.05, 4.69) is 15.4 Å². The first-order valence-corrected chi connectivity index (χ1v) is 10.4. The number of carbonyl (C=O) groups excluding carboxylic acids is 1. The number of aliphatic hydroxyl groups excluding tert-OH is 2. The molecule has 0 unspecified atom stereocenters. The Kier molecular flexibility index (Phi) is 6.31. The minimum atomic E-state index is -1.47. The molecule has 3 aromatic heterocycles. The molecule has 3 heterocycles. The average molecular weight is 471 g/mol. The Morgan fingerprint density at radius 2 is 1.88 bits per heavy atom. The molecule has 0 spiro atoms. The summed E-state index contributed by atoms with van der Waals surface area (Å²) in [5.41, 5.74) is -0.511. The standard InChI is InChI=1S/C23H23F2N5O4/c1-14-20(22(33)28-23(12-31,13-32)15-9-26-29(2)10-15)30-8-4-7-19(21(30)27-14)34-11-16-17(24)5-3-6-18(16)25/h3-10,31-32H,11-13H2,1-2H3,(H,28,33). The second-order valence-electron chi connectivity index (χ2n) is 7.86. The Bertz CT molecular complexity index is 1330. The van der Waals surface area contributed by atoms with Crippen molar-refractivity contribution >= 4 is 11.6 Å². The fraction of sp³-hybridized carbons (Fsp3) is 0.261. The van der Waals surface area contributed by atoms with Crippen molar-refractivity contribution < 1.29 is 28.5 Å². The number of hydrogen-bond donors (Lipinski definition) is 3. The van der Waals surface area contributed by atoms with Crippen molar-refractivity contribution in [3.8, 4) is 5.75 Å². The van der Waals surface area contributed by atoms with E-state index in [-0.39, 0.29) is 29.3 Å². The highest BCUT2D eigenvalue weighted by molar-refractivity contribution is 5.95. The van der Waals surface area contributed by atoms with Crippen LogP contribution in [0.25, 0.3) is 5.65 Å². The summed E-state index contributed by atoms with van der Waals surface area (Å²) < 4.78 is 36.5. The van der Waals surface area contributed by atoms with E-state index in [0.717, 1.165) is 12.1 Å². The van der Waals surface area contributed by atoms with E-state index in [4.69, 9.17) is 4.74 Å². The normalized spacial score (nSPS) is 11.7. The maximum Gasteiger partial charge on any atom is 0.271 e. The Morgan fingerprint density at radius 1 is 1.18 bits per heavy atom. The number of carbonyl (C=O) groups is 1. The molecule has 0 aliphatic carbocycles. The molecular formula is C23H23F2N5O4.